The van der Waals surface area contributed by atoms with Gasteiger partial charge in [0.2, 0.25) is 5.78 Å². The fourth-order valence-corrected chi connectivity index (χ4v) is 3.26. The number of halogens is 1. The number of benzene rings is 1. The normalized spacial score (nSPS) is 12.4. The summed E-state index contributed by atoms with van der Waals surface area (Å²) in [6.45, 7) is 6.76. The van der Waals surface area contributed by atoms with Crippen LogP contribution in [0, 0.1) is 5.82 Å². The van der Waals surface area contributed by atoms with Crippen LogP contribution in [-0.2, 0) is 12.0 Å². The molecule has 150 valence electrons. The molecule has 1 aromatic carbocycles. The van der Waals surface area contributed by atoms with Gasteiger partial charge >= 0.3 is 0 Å². The Balaban J connectivity index is 1.90. The molecule has 0 unspecified atom stereocenters. The molecule has 2 aromatic heterocycles. The number of hydrogen-bond donors (Lipinski definition) is 1. The first-order valence-corrected chi connectivity index (χ1v) is 9.78. The van der Waals surface area contributed by atoms with Gasteiger partial charge in [0, 0.05) is 17.7 Å². The van der Waals surface area contributed by atoms with Gasteiger partial charge < -0.3 is 9.73 Å². The molecule has 0 aliphatic carbocycles. The second kappa shape index (κ2) is 8.66. The highest BCUT2D eigenvalue weighted by Crippen LogP contribution is 2.21. The van der Waals surface area contributed by atoms with E-state index in [4.69, 9.17) is 16.6 Å². The molecule has 0 bridgehead atoms. The highest BCUT2D eigenvalue weighted by Gasteiger charge is 2.33. The lowest BCUT2D eigenvalue weighted by molar-refractivity contribution is -0.692. The molecule has 4 nitrogen and oxygen atoms in total. The molecule has 0 spiro atoms. The predicted molar refractivity (Wildman–Crippen MR) is 113 cm³/mol. The third-order valence-electron chi connectivity index (χ3n) is 4.66. The summed E-state index contributed by atoms with van der Waals surface area (Å²) < 4.78 is 20.4. The van der Waals surface area contributed by atoms with E-state index in [1.807, 2.05) is 30.6 Å². The predicted octanol–water partition coefficient (Wildman–Crippen LogP) is 4.54. The van der Waals surface area contributed by atoms with Crippen molar-refractivity contribution in [3.63, 3.8) is 0 Å². The monoisotopic (exact) mass is 411 g/mol. The van der Waals surface area contributed by atoms with Gasteiger partial charge in [-0.25, -0.2) is 4.39 Å². The molecule has 0 amide bonds. The summed E-state index contributed by atoms with van der Waals surface area (Å²) in [5.74, 6) is 0.114. The van der Waals surface area contributed by atoms with Gasteiger partial charge in [0.05, 0.1) is 12.8 Å². The zero-order valence-electron chi connectivity index (χ0n) is 16.7. The number of furan rings is 1. The minimum atomic E-state index is -0.751. The largest absolute Gasteiger partial charge is 0.467 e. The quantitative estimate of drug-likeness (QED) is 0.367. The third-order valence-corrected chi connectivity index (χ3v) is 5.03. The smallest absolute Gasteiger partial charge is 0.270 e. The summed E-state index contributed by atoms with van der Waals surface area (Å²) in [4.78, 5) is 13.6. The molecular weight excluding hydrogens is 387 g/mol. The minimum absolute atomic E-state index is 0.00635. The topological polar surface area (TPSA) is 46.1 Å². The lowest BCUT2D eigenvalue weighted by Gasteiger charge is -2.19. The molecule has 0 saturated carbocycles. The fourth-order valence-electron chi connectivity index (χ4n) is 2.96. The lowest BCUT2D eigenvalue weighted by atomic mass is 9.88. The summed E-state index contributed by atoms with van der Waals surface area (Å²) in [7, 11) is 0. The molecule has 3 aromatic rings. The average Bonchev–Trinajstić information content (AvgIpc) is 3.20. The van der Waals surface area contributed by atoms with Crippen molar-refractivity contribution in [3.05, 3.63) is 89.9 Å². The van der Waals surface area contributed by atoms with Gasteiger partial charge in [-0.15, -0.1) is 0 Å². The first-order valence-electron chi connectivity index (χ1n) is 9.37. The number of nitrogens with one attached hydrogen (secondary N) is 1. The number of rotatable bonds is 6. The summed E-state index contributed by atoms with van der Waals surface area (Å²) in [5, 5.41) is 3.11. The van der Waals surface area contributed by atoms with Crippen molar-refractivity contribution in [2.24, 2.45) is 0 Å². The fraction of sp³-hybridized carbons (Fsp3) is 0.261. The van der Waals surface area contributed by atoms with Crippen LogP contribution in [0.1, 0.15) is 48.5 Å². The summed E-state index contributed by atoms with van der Waals surface area (Å²) >= 11 is 5.57. The summed E-state index contributed by atoms with van der Waals surface area (Å²) in [5.41, 5.74) is 1.54. The van der Waals surface area contributed by atoms with Gasteiger partial charge in [0.15, 0.2) is 17.4 Å². The number of carbonyl (C=O) groups is 1. The van der Waals surface area contributed by atoms with Crippen LogP contribution in [0.5, 0.6) is 0 Å². The van der Waals surface area contributed by atoms with Crippen LogP contribution in [0.3, 0.4) is 0 Å². The van der Waals surface area contributed by atoms with Crippen molar-refractivity contribution < 1.29 is 18.2 Å². The molecule has 1 atom stereocenters. The van der Waals surface area contributed by atoms with E-state index < -0.39 is 6.04 Å². The average molecular weight is 412 g/mol. The Morgan fingerprint density at radius 1 is 1.14 bits per heavy atom. The molecule has 0 aliphatic heterocycles. The van der Waals surface area contributed by atoms with Crippen LogP contribution < -0.4 is 9.88 Å². The molecular formula is C23H24FN2O2S+. The Labute approximate surface area is 175 Å². The number of thiocarbonyl (C=S) groups is 1. The Morgan fingerprint density at radius 3 is 2.34 bits per heavy atom. The van der Waals surface area contributed by atoms with Crippen molar-refractivity contribution >= 4 is 23.0 Å². The molecule has 0 fully saturated rings. The van der Waals surface area contributed by atoms with Crippen LogP contribution in [0.4, 0.5) is 4.39 Å². The van der Waals surface area contributed by atoms with E-state index in [0.29, 0.717) is 22.9 Å². The number of ketones is 1. The Bertz CT molecular complexity index is 975. The van der Waals surface area contributed by atoms with Crippen LogP contribution in [0.25, 0.3) is 0 Å². The second-order valence-electron chi connectivity index (χ2n) is 7.85. The van der Waals surface area contributed by atoms with E-state index in [9.17, 15) is 9.18 Å². The SMILES string of the molecule is CC(C)(C)c1cc[n+]([C@H](C(=O)c2ccc(F)cc2)C(=S)NCc2ccco2)cc1. The molecule has 0 radical (unpaired) electrons. The van der Waals surface area contributed by atoms with E-state index in [1.165, 1.54) is 24.3 Å². The third kappa shape index (κ3) is 5.15. The Morgan fingerprint density at radius 2 is 1.79 bits per heavy atom. The number of Topliss-reactive ketones (excluding diaryl/α,β-unsaturated/α-hetero) is 1. The highest BCUT2D eigenvalue weighted by molar-refractivity contribution is 7.80. The van der Waals surface area contributed by atoms with Gasteiger partial charge in [0.25, 0.3) is 6.04 Å². The van der Waals surface area contributed by atoms with Gasteiger partial charge in [0.1, 0.15) is 11.6 Å². The number of nitrogens with zero attached hydrogens (tertiary/aromatic N) is 1. The van der Waals surface area contributed by atoms with Gasteiger partial charge in [-0.05, 0) is 47.4 Å². The molecule has 6 heteroatoms. The van der Waals surface area contributed by atoms with E-state index >= 15 is 0 Å². The first kappa shape index (κ1) is 20.9. The zero-order valence-corrected chi connectivity index (χ0v) is 17.5. The van der Waals surface area contributed by atoms with E-state index in [2.05, 4.69) is 26.1 Å². The number of carbonyl (C=O) groups excluding carboxylic acids is 1. The molecule has 29 heavy (non-hydrogen) atoms. The molecule has 3 rings (SSSR count). The summed E-state index contributed by atoms with van der Waals surface area (Å²) in [6.07, 6.45) is 5.29. The maximum Gasteiger partial charge on any atom is 0.270 e. The first-order chi connectivity index (χ1) is 13.8. The van der Waals surface area contributed by atoms with Gasteiger partial charge in [-0.3, -0.25) is 4.79 Å². The molecule has 0 saturated heterocycles. The maximum atomic E-state index is 13.3. The Kier molecular flexibility index (Phi) is 6.23. The standard InChI is InChI=1S/C23H23FN2O2S/c1-23(2,3)17-10-12-26(13-11-17)20(21(27)16-6-8-18(24)9-7-16)22(29)25-15-19-5-4-14-28-19/h4-14,20H,15H2,1-3H3/p+1/t20-/m1/s1. The summed E-state index contributed by atoms with van der Waals surface area (Å²) in [6, 6.07) is 12.3. The van der Waals surface area contributed by atoms with E-state index in [-0.39, 0.29) is 17.0 Å². The number of hydrogen-bond acceptors (Lipinski definition) is 3. The molecule has 1 N–H and O–H groups in total. The number of aromatic nitrogens is 1. The van der Waals surface area contributed by atoms with Crippen LogP contribution in [0.15, 0.2) is 71.6 Å². The van der Waals surface area contributed by atoms with Crippen LogP contribution >= 0.6 is 12.2 Å². The molecule has 0 aliphatic rings. The van der Waals surface area contributed by atoms with Crippen molar-refractivity contribution in [1.82, 2.24) is 5.32 Å². The number of pyridine rings is 1. The minimum Gasteiger partial charge on any atom is -0.467 e. The van der Waals surface area contributed by atoms with Crippen LogP contribution in [0.2, 0.25) is 0 Å². The maximum absolute atomic E-state index is 13.3. The van der Waals surface area contributed by atoms with Crippen molar-refractivity contribution in [3.8, 4) is 0 Å². The lowest BCUT2D eigenvalue weighted by Crippen LogP contribution is -2.51. The molecule has 2 heterocycles. The Hall–Kier alpha value is -2.86. The zero-order chi connectivity index (χ0) is 21.0. The van der Waals surface area contributed by atoms with E-state index in [1.54, 1.807) is 16.9 Å². The van der Waals surface area contributed by atoms with Gasteiger partial charge in [-0.2, -0.15) is 4.57 Å². The van der Waals surface area contributed by atoms with Crippen molar-refractivity contribution in [2.45, 2.75) is 38.8 Å². The second-order valence-corrected chi connectivity index (χ2v) is 8.29. The van der Waals surface area contributed by atoms with E-state index in [0.717, 1.165) is 5.56 Å². The van der Waals surface area contributed by atoms with Gasteiger partial charge in [-0.1, -0.05) is 33.0 Å². The highest BCUT2D eigenvalue weighted by atomic mass is 32.1. The van der Waals surface area contributed by atoms with Crippen LogP contribution in [-0.4, -0.2) is 10.8 Å². The van der Waals surface area contributed by atoms with Crippen molar-refractivity contribution in [2.75, 3.05) is 0 Å². The van der Waals surface area contributed by atoms with Crippen molar-refractivity contribution in [1.29, 1.82) is 0 Å².